The molecule has 11 nitrogen and oxygen atoms in total. The molecule has 0 saturated carbocycles. The second-order valence-corrected chi connectivity index (χ2v) is 7.89. The quantitative estimate of drug-likeness (QED) is 0.453. The molecule has 0 N–H and O–H groups in total. The third-order valence-corrected chi connectivity index (χ3v) is 5.14. The summed E-state index contributed by atoms with van der Waals surface area (Å²) >= 11 is 0. The SMILES string of the molecule is CN(C)CCCn1nnc(-c2ccc(-c3ccc(N4C[C@H](CN=O)OC4=O)cc3F)cn2)n1. The Morgan fingerprint density at radius 3 is 2.82 bits per heavy atom. The normalized spacial score (nSPS) is 15.8. The van der Waals surface area contributed by atoms with Crippen LogP contribution in [0.3, 0.4) is 0 Å². The van der Waals surface area contributed by atoms with Crippen LogP contribution in [0.2, 0.25) is 0 Å². The molecule has 1 aliphatic rings. The minimum absolute atomic E-state index is 0.139. The predicted octanol–water partition coefficient (Wildman–Crippen LogP) is 2.58. The molecule has 172 valence electrons. The van der Waals surface area contributed by atoms with Crippen LogP contribution in [0, 0.1) is 10.7 Å². The summed E-state index contributed by atoms with van der Waals surface area (Å²) in [6.07, 6.45) is 1.17. The minimum Gasteiger partial charge on any atom is -0.442 e. The van der Waals surface area contributed by atoms with Gasteiger partial charge in [-0.3, -0.25) is 9.88 Å². The molecule has 0 radical (unpaired) electrons. The maximum Gasteiger partial charge on any atom is 0.414 e. The van der Waals surface area contributed by atoms with Crippen molar-refractivity contribution >= 4 is 11.8 Å². The molecule has 1 amide bonds. The van der Waals surface area contributed by atoms with E-state index in [2.05, 4.69) is 30.5 Å². The van der Waals surface area contributed by atoms with Crippen LogP contribution in [0.1, 0.15) is 6.42 Å². The molecular formula is C21H23FN8O3. The zero-order valence-corrected chi connectivity index (χ0v) is 18.3. The molecule has 0 aliphatic carbocycles. The number of hydrogen-bond acceptors (Lipinski definition) is 9. The van der Waals surface area contributed by atoms with Crippen molar-refractivity contribution in [3.63, 3.8) is 0 Å². The number of tetrazole rings is 1. The second kappa shape index (κ2) is 9.77. The van der Waals surface area contributed by atoms with Gasteiger partial charge in [-0.25, -0.2) is 9.18 Å². The van der Waals surface area contributed by atoms with E-state index in [9.17, 15) is 14.1 Å². The fourth-order valence-electron chi connectivity index (χ4n) is 3.47. The van der Waals surface area contributed by atoms with Crippen LogP contribution in [-0.4, -0.2) is 76.0 Å². The van der Waals surface area contributed by atoms with Gasteiger partial charge in [0, 0.05) is 17.3 Å². The molecule has 4 rings (SSSR count). The molecule has 0 bridgehead atoms. The monoisotopic (exact) mass is 454 g/mol. The molecule has 1 aliphatic heterocycles. The summed E-state index contributed by atoms with van der Waals surface area (Å²) in [5, 5.41) is 15.2. The van der Waals surface area contributed by atoms with Crippen LogP contribution < -0.4 is 4.90 Å². The highest BCUT2D eigenvalue weighted by atomic mass is 19.1. The van der Waals surface area contributed by atoms with E-state index >= 15 is 0 Å². The molecule has 3 heterocycles. The highest BCUT2D eigenvalue weighted by molar-refractivity contribution is 5.90. The minimum atomic E-state index is -0.635. The molecule has 3 aromatic rings. The Kier molecular flexibility index (Phi) is 6.63. The van der Waals surface area contributed by atoms with Crippen molar-refractivity contribution in [1.82, 2.24) is 30.1 Å². The van der Waals surface area contributed by atoms with E-state index in [0.29, 0.717) is 34.9 Å². The van der Waals surface area contributed by atoms with E-state index < -0.39 is 18.0 Å². The molecule has 0 unspecified atom stereocenters. The number of ether oxygens (including phenoxy) is 1. The maximum atomic E-state index is 14.8. The summed E-state index contributed by atoms with van der Waals surface area (Å²) in [6.45, 7) is 1.57. The number of anilines is 1. The molecule has 1 saturated heterocycles. The number of pyridine rings is 1. The smallest absolute Gasteiger partial charge is 0.414 e. The lowest BCUT2D eigenvalue weighted by molar-refractivity contribution is 0.145. The predicted molar refractivity (Wildman–Crippen MR) is 118 cm³/mol. The summed E-state index contributed by atoms with van der Waals surface area (Å²) in [5.41, 5.74) is 1.77. The number of rotatable bonds is 9. The highest BCUT2D eigenvalue weighted by Crippen LogP contribution is 2.29. The van der Waals surface area contributed by atoms with Crippen LogP contribution in [0.5, 0.6) is 0 Å². The largest absolute Gasteiger partial charge is 0.442 e. The fraction of sp³-hybridized carbons (Fsp3) is 0.381. The van der Waals surface area contributed by atoms with Crippen LogP contribution in [0.4, 0.5) is 14.9 Å². The van der Waals surface area contributed by atoms with Crippen LogP contribution >= 0.6 is 0 Å². The summed E-state index contributed by atoms with van der Waals surface area (Å²) in [4.78, 5) is 31.6. The number of amides is 1. The van der Waals surface area contributed by atoms with Gasteiger partial charge in [0.05, 0.1) is 18.8 Å². The highest BCUT2D eigenvalue weighted by Gasteiger charge is 2.32. The van der Waals surface area contributed by atoms with Gasteiger partial charge >= 0.3 is 6.09 Å². The number of halogens is 1. The molecule has 33 heavy (non-hydrogen) atoms. The molecule has 1 atom stereocenters. The van der Waals surface area contributed by atoms with Crippen molar-refractivity contribution in [3.05, 3.63) is 47.3 Å². The summed E-state index contributed by atoms with van der Waals surface area (Å²) < 4.78 is 19.9. The Morgan fingerprint density at radius 2 is 2.12 bits per heavy atom. The molecular weight excluding hydrogens is 431 g/mol. The van der Waals surface area contributed by atoms with E-state index in [1.165, 1.54) is 22.0 Å². The van der Waals surface area contributed by atoms with Crippen molar-refractivity contribution < 1.29 is 13.9 Å². The van der Waals surface area contributed by atoms with E-state index in [1.807, 2.05) is 14.1 Å². The van der Waals surface area contributed by atoms with Gasteiger partial charge in [0.2, 0.25) is 5.82 Å². The maximum absolute atomic E-state index is 14.8. The molecule has 2 aromatic heterocycles. The number of cyclic esters (lactones) is 1. The van der Waals surface area contributed by atoms with Gasteiger partial charge in [-0.1, -0.05) is 11.2 Å². The van der Waals surface area contributed by atoms with Gasteiger partial charge in [0.15, 0.2) is 0 Å². The van der Waals surface area contributed by atoms with Gasteiger partial charge in [-0.2, -0.15) is 9.70 Å². The number of nitroso groups, excluding NO2 is 1. The molecule has 12 heteroatoms. The van der Waals surface area contributed by atoms with Crippen LogP contribution in [0.15, 0.2) is 41.7 Å². The first-order valence-electron chi connectivity index (χ1n) is 10.4. The van der Waals surface area contributed by atoms with Crippen LogP contribution in [0.25, 0.3) is 22.6 Å². The van der Waals surface area contributed by atoms with Crippen molar-refractivity contribution in [2.75, 3.05) is 38.6 Å². The number of aryl methyl sites for hydroxylation is 1. The molecule has 1 fully saturated rings. The number of benzene rings is 1. The van der Waals surface area contributed by atoms with Crippen LogP contribution in [-0.2, 0) is 11.3 Å². The van der Waals surface area contributed by atoms with Gasteiger partial charge in [-0.15, -0.1) is 10.2 Å². The number of carbonyl (C=O) groups is 1. The number of nitrogens with zero attached hydrogens (tertiary/aromatic N) is 8. The molecule has 1 aromatic carbocycles. The number of hydrogen-bond donors (Lipinski definition) is 0. The zero-order valence-electron chi connectivity index (χ0n) is 18.3. The Hall–Kier alpha value is -3.80. The zero-order chi connectivity index (χ0) is 23.4. The topological polar surface area (TPSA) is 119 Å². The lowest BCUT2D eigenvalue weighted by Crippen LogP contribution is -2.25. The van der Waals surface area contributed by atoms with Crippen molar-refractivity contribution in [2.45, 2.75) is 19.1 Å². The van der Waals surface area contributed by atoms with E-state index in [0.717, 1.165) is 13.0 Å². The lowest BCUT2D eigenvalue weighted by atomic mass is 10.1. The van der Waals surface area contributed by atoms with E-state index in [1.54, 1.807) is 24.3 Å². The number of aromatic nitrogens is 5. The Labute approximate surface area is 189 Å². The van der Waals surface area contributed by atoms with Crippen molar-refractivity contribution in [1.29, 1.82) is 0 Å². The van der Waals surface area contributed by atoms with Gasteiger partial charge in [0.1, 0.15) is 24.2 Å². The standard InChI is InChI=1S/C21H23FN8O3/c1-28(2)8-3-9-30-26-20(25-27-30)19-7-4-14(11-23-19)17-6-5-15(10-18(17)22)29-13-16(12-24-32)33-21(29)31/h4-7,10-11,16H,3,8-9,12-13H2,1-2H3/t16-/m0/s1. The first-order valence-corrected chi connectivity index (χ1v) is 10.4. The fourth-order valence-corrected chi connectivity index (χ4v) is 3.47. The summed E-state index contributed by atoms with van der Waals surface area (Å²) in [7, 11) is 4.01. The second-order valence-electron chi connectivity index (χ2n) is 7.89. The number of carbonyl (C=O) groups excluding carboxylic acids is 1. The lowest BCUT2D eigenvalue weighted by Gasteiger charge is -2.14. The van der Waals surface area contributed by atoms with Gasteiger partial charge in [-0.05, 0) is 56.5 Å². The van der Waals surface area contributed by atoms with Crippen molar-refractivity contribution in [3.8, 4) is 22.6 Å². The van der Waals surface area contributed by atoms with Crippen molar-refractivity contribution in [2.24, 2.45) is 5.18 Å². The first kappa shape index (κ1) is 22.4. The average molecular weight is 454 g/mol. The summed E-state index contributed by atoms with van der Waals surface area (Å²) in [5.74, 6) is -0.120. The Morgan fingerprint density at radius 1 is 1.27 bits per heavy atom. The first-order chi connectivity index (χ1) is 15.9. The van der Waals surface area contributed by atoms with Gasteiger partial charge in [0.25, 0.3) is 0 Å². The van der Waals surface area contributed by atoms with Gasteiger partial charge < -0.3 is 9.64 Å². The molecule has 0 spiro atoms. The average Bonchev–Trinajstić information content (AvgIpc) is 3.40. The third kappa shape index (κ3) is 5.17. The van der Waals surface area contributed by atoms with E-state index in [-0.39, 0.29) is 13.1 Å². The Bertz CT molecular complexity index is 1130. The summed E-state index contributed by atoms with van der Waals surface area (Å²) in [6, 6.07) is 7.87. The Balaban J connectivity index is 1.45. The van der Waals surface area contributed by atoms with E-state index in [4.69, 9.17) is 4.74 Å². The third-order valence-electron chi connectivity index (χ3n) is 5.14.